The number of H-pyrrole nitrogens is 1. The third-order valence-electron chi connectivity index (χ3n) is 2.19. The van der Waals surface area contributed by atoms with Gasteiger partial charge in [0.1, 0.15) is 0 Å². The summed E-state index contributed by atoms with van der Waals surface area (Å²) in [5.41, 5.74) is 2.31. The van der Waals surface area contributed by atoms with E-state index in [0.29, 0.717) is 6.42 Å². The minimum atomic E-state index is 0.210. The summed E-state index contributed by atoms with van der Waals surface area (Å²) in [5, 5.41) is 9.85. The van der Waals surface area contributed by atoms with Crippen molar-refractivity contribution in [2.24, 2.45) is 0 Å². The monoisotopic (exact) mass is 187 g/mol. The van der Waals surface area contributed by atoms with Crippen molar-refractivity contribution in [2.45, 2.75) is 6.42 Å². The Labute approximate surface area is 82.9 Å². The molecule has 14 heavy (non-hydrogen) atoms. The van der Waals surface area contributed by atoms with Crippen molar-refractivity contribution in [3.05, 3.63) is 42.1 Å². The maximum Gasteiger partial charge on any atom is 0.0465 e. The number of aromatic nitrogens is 1. The van der Waals surface area contributed by atoms with Gasteiger partial charge in [-0.05, 0) is 29.5 Å². The third-order valence-corrected chi connectivity index (χ3v) is 2.19. The van der Waals surface area contributed by atoms with Gasteiger partial charge in [-0.15, -0.1) is 0 Å². The minimum Gasteiger partial charge on any atom is -0.396 e. The summed E-state index contributed by atoms with van der Waals surface area (Å²) in [6, 6.07) is 8.31. The lowest BCUT2D eigenvalue weighted by atomic mass is 10.1. The zero-order valence-electron chi connectivity index (χ0n) is 7.90. The summed E-state index contributed by atoms with van der Waals surface area (Å²) >= 11 is 0. The third kappa shape index (κ3) is 1.86. The lowest BCUT2D eigenvalue weighted by Crippen LogP contribution is -1.76. The van der Waals surface area contributed by atoms with Gasteiger partial charge >= 0.3 is 0 Å². The smallest absolute Gasteiger partial charge is 0.0465 e. The number of hydrogen-bond donors (Lipinski definition) is 2. The molecular formula is C12H13NO. The van der Waals surface area contributed by atoms with Crippen molar-refractivity contribution < 1.29 is 5.11 Å². The second kappa shape index (κ2) is 4.11. The Bertz CT molecular complexity index is 442. The predicted octanol–water partition coefficient (Wildman–Crippen LogP) is 2.56. The first kappa shape index (κ1) is 9.03. The molecule has 0 saturated carbocycles. The summed E-state index contributed by atoms with van der Waals surface area (Å²) < 4.78 is 0. The van der Waals surface area contributed by atoms with Crippen molar-refractivity contribution in [1.29, 1.82) is 0 Å². The van der Waals surface area contributed by atoms with Crippen LogP contribution in [0.2, 0.25) is 0 Å². The minimum absolute atomic E-state index is 0.210. The molecule has 0 spiro atoms. The van der Waals surface area contributed by atoms with Gasteiger partial charge in [-0.2, -0.15) is 0 Å². The Morgan fingerprint density at radius 2 is 2.21 bits per heavy atom. The lowest BCUT2D eigenvalue weighted by molar-refractivity contribution is 0.303. The zero-order valence-corrected chi connectivity index (χ0v) is 7.90. The van der Waals surface area contributed by atoms with Gasteiger partial charge in [0.15, 0.2) is 0 Å². The van der Waals surface area contributed by atoms with Gasteiger partial charge in [0.2, 0.25) is 0 Å². The first-order valence-electron chi connectivity index (χ1n) is 4.75. The van der Waals surface area contributed by atoms with Crippen LogP contribution >= 0.6 is 0 Å². The number of hydrogen-bond acceptors (Lipinski definition) is 1. The molecule has 0 unspecified atom stereocenters. The van der Waals surface area contributed by atoms with Crippen LogP contribution in [0.1, 0.15) is 12.0 Å². The maximum atomic E-state index is 8.63. The second-order valence-corrected chi connectivity index (χ2v) is 3.24. The zero-order chi connectivity index (χ0) is 9.80. The maximum absolute atomic E-state index is 8.63. The fourth-order valence-corrected chi connectivity index (χ4v) is 1.46. The summed E-state index contributed by atoms with van der Waals surface area (Å²) in [5.74, 6) is 0. The standard InChI is InChI=1S/C12H13NO/c14-8-2-1-3-10-4-5-11-6-7-13-12(11)9-10/h1,3-7,9,13-14H,2,8H2. The van der Waals surface area contributed by atoms with Gasteiger partial charge in [0, 0.05) is 18.3 Å². The van der Waals surface area contributed by atoms with Crippen LogP contribution in [0, 0.1) is 0 Å². The number of aliphatic hydroxyl groups is 1. The van der Waals surface area contributed by atoms with E-state index in [-0.39, 0.29) is 6.61 Å². The van der Waals surface area contributed by atoms with Crippen molar-refractivity contribution in [1.82, 2.24) is 4.98 Å². The van der Waals surface area contributed by atoms with E-state index < -0.39 is 0 Å². The molecule has 2 aromatic rings. The molecule has 2 heteroatoms. The molecule has 0 amide bonds. The van der Waals surface area contributed by atoms with Gasteiger partial charge < -0.3 is 10.1 Å². The Morgan fingerprint density at radius 1 is 1.29 bits per heavy atom. The highest BCUT2D eigenvalue weighted by Crippen LogP contribution is 2.15. The molecule has 2 N–H and O–H groups in total. The topological polar surface area (TPSA) is 36.0 Å². The molecule has 0 aliphatic rings. The van der Waals surface area contributed by atoms with Crippen LogP contribution in [-0.4, -0.2) is 16.7 Å². The molecule has 0 saturated heterocycles. The van der Waals surface area contributed by atoms with Crippen LogP contribution in [0.15, 0.2) is 36.5 Å². The average Bonchev–Trinajstić information content (AvgIpc) is 2.65. The predicted molar refractivity (Wildman–Crippen MR) is 59.0 cm³/mol. The molecule has 0 aliphatic heterocycles. The summed E-state index contributed by atoms with van der Waals surface area (Å²) in [4.78, 5) is 3.17. The van der Waals surface area contributed by atoms with Crippen molar-refractivity contribution in [2.75, 3.05) is 6.61 Å². The van der Waals surface area contributed by atoms with Crippen LogP contribution in [0.3, 0.4) is 0 Å². The first-order valence-corrected chi connectivity index (χ1v) is 4.75. The number of nitrogens with one attached hydrogen (secondary N) is 1. The fraction of sp³-hybridized carbons (Fsp3) is 0.167. The van der Waals surface area contributed by atoms with Crippen LogP contribution in [0.4, 0.5) is 0 Å². The molecule has 1 aromatic carbocycles. The molecular weight excluding hydrogens is 174 g/mol. The lowest BCUT2D eigenvalue weighted by Gasteiger charge is -1.94. The van der Waals surface area contributed by atoms with Crippen molar-refractivity contribution >= 4 is 17.0 Å². The average molecular weight is 187 g/mol. The normalized spacial score (nSPS) is 11.5. The number of aromatic amines is 1. The molecule has 0 bridgehead atoms. The molecule has 0 radical (unpaired) electrons. The van der Waals surface area contributed by atoms with E-state index in [1.807, 2.05) is 18.3 Å². The highest BCUT2D eigenvalue weighted by molar-refractivity contribution is 5.81. The van der Waals surface area contributed by atoms with Gasteiger partial charge in [-0.25, -0.2) is 0 Å². The molecule has 0 fully saturated rings. The molecule has 1 heterocycles. The summed E-state index contributed by atoms with van der Waals surface area (Å²) in [6.07, 6.45) is 6.65. The van der Waals surface area contributed by atoms with E-state index in [9.17, 15) is 0 Å². The number of benzene rings is 1. The molecule has 2 nitrogen and oxygen atoms in total. The Hall–Kier alpha value is -1.54. The van der Waals surface area contributed by atoms with E-state index in [2.05, 4.69) is 29.2 Å². The first-order chi connectivity index (χ1) is 6.90. The molecule has 0 atom stereocenters. The Morgan fingerprint density at radius 3 is 3.07 bits per heavy atom. The molecule has 1 aromatic heterocycles. The van der Waals surface area contributed by atoms with E-state index >= 15 is 0 Å². The second-order valence-electron chi connectivity index (χ2n) is 3.24. The quantitative estimate of drug-likeness (QED) is 0.761. The highest BCUT2D eigenvalue weighted by Gasteiger charge is 1.93. The van der Waals surface area contributed by atoms with Crippen molar-refractivity contribution in [3.8, 4) is 0 Å². The van der Waals surface area contributed by atoms with E-state index in [4.69, 9.17) is 5.11 Å². The number of rotatable bonds is 3. The van der Waals surface area contributed by atoms with Crippen LogP contribution in [0.25, 0.3) is 17.0 Å². The van der Waals surface area contributed by atoms with E-state index in [1.54, 1.807) is 0 Å². The van der Waals surface area contributed by atoms with E-state index in [1.165, 1.54) is 5.39 Å². The highest BCUT2D eigenvalue weighted by atomic mass is 16.2. The molecule has 0 aliphatic carbocycles. The number of aliphatic hydroxyl groups excluding tert-OH is 1. The van der Waals surface area contributed by atoms with Gasteiger partial charge in [0.05, 0.1) is 0 Å². The summed E-state index contributed by atoms with van der Waals surface area (Å²) in [6.45, 7) is 0.210. The molecule has 72 valence electrons. The Balaban J connectivity index is 2.25. The molecule has 2 rings (SSSR count). The SMILES string of the molecule is OCCC=Cc1ccc2cc[nH]c2c1. The van der Waals surface area contributed by atoms with Crippen LogP contribution in [-0.2, 0) is 0 Å². The summed E-state index contributed by atoms with van der Waals surface area (Å²) in [7, 11) is 0. The van der Waals surface area contributed by atoms with Crippen LogP contribution in [0.5, 0.6) is 0 Å². The van der Waals surface area contributed by atoms with E-state index in [0.717, 1.165) is 11.1 Å². The van der Waals surface area contributed by atoms with Crippen LogP contribution < -0.4 is 0 Å². The number of fused-ring (bicyclic) bond motifs is 1. The van der Waals surface area contributed by atoms with Gasteiger partial charge in [0.25, 0.3) is 0 Å². The largest absolute Gasteiger partial charge is 0.396 e. The Kier molecular flexibility index (Phi) is 2.65. The fourth-order valence-electron chi connectivity index (χ4n) is 1.46. The van der Waals surface area contributed by atoms with Gasteiger partial charge in [-0.1, -0.05) is 24.3 Å². The van der Waals surface area contributed by atoms with Crippen molar-refractivity contribution in [3.63, 3.8) is 0 Å². The van der Waals surface area contributed by atoms with Gasteiger partial charge in [-0.3, -0.25) is 0 Å².